The zero-order valence-electron chi connectivity index (χ0n) is 16.5. The van der Waals surface area contributed by atoms with Crippen molar-refractivity contribution >= 4 is 17.4 Å². The lowest BCUT2D eigenvalue weighted by Crippen LogP contribution is -2.36. The van der Waals surface area contributed by atoms with E-state index in [2.05, 4.69) is 59.5 Å². The van der Waals surface area contributed by atoms with Crippen LogP contribution in [0.3, 0.4) is 0 Å². The van der Waals surface area contributed by atoms with Crippen LogP contribution in [0.1, 0.15) is 38.6 Å². The maximum absolute atomic E-state index is 13.1. The Morgan fingerprint density at radius 2 is 1.68 bits per heavy atom. The lowest BCUT2D eigenvalue weighted by Gasteiger charge is -2.28. The van der Waals surface area contributed by atoms with Crippen LogP contribution in [0.15, 0.2) is 48.5 Å². The summed E-state index contributed by atoms with van der Waals surface area (Å²) in [5, 5.41) is 3.37. The third kappa shape index (κ3) is 3.60. The second-order valence-electron chi connectivity index (χ2n) is 7.32. The van der Waals surface area contributed by atoms with Gasteiger partial charge in [0.1, 0.15) is 17.3 Å². The first kappa shape index (κ1) is 18.2. The number of benzene rings is 2. The molecule has 0 saturated carbocycles. The van der Waals surface area contributed by atoms with Gasteiger partial charge in [-0.15, -0.1) is 0 Å². The Kier molecular flexibility index (Phi) is 4.82. The first-order valence-electron chi connectivity index (χ1n) is 9.56. The molecule has 4 rings (SSSR count). The van der Waals surface area contributed by atoms with E-state index in [-0.39, 0.29) is 5.91 Å². The number of carbonyl (C=O) groups is 1. The number of nitrogens with one attached hydrogen (secondary N) is 1. The first-order chi connectivity index (χ1) is 13.5. The SMILES string of the molecule is Cc1nc(Nc2c(C)cccc2C)cc(C(=O)N2CCc3ccccc3C2)n1. The number of aromatic nitrogens is 2. The molecular weight excluding hydrogens is 348 g/mol. The highest BCUT2D eigenvalue weighted by Gasteiger charge is 2.23. The van der Waals surface area contributed by atoms with Crippen LogP contribution < -0.4 is 5.32 Å². The Balaban J connectivity index is 1.60. The number of hydrogen-bond acceptors (Lipinski definition) is 4. The second kappa shape index (κ2) is 7.43. The van der Waals surface area contributed by atoms with E-state index < -0.39 is 0 Å². The first-order valence-corrected chi connectivity index (χ1v) is 9.56. The Hall–Kier alpha value is -3.21. The van der Waals surface area contributed by atoms with Gasteiger partial charge in [0.05, 0.1) is 0 Å². The highest BCUT2D eigenvalue weighted by molar-refractivity contribution is 5.93. The fraction of sp³-hybridized carbons (Fsp3) is 0.261. The molecular formula is C23H24N4O. The Bertz CT molecular complexity index is 1020. The van der Waals surface area contributed by atoms with Crippen LogP contribution in [-0.4, -0.2) is 27.3 Å². The molecule has 0 atom stereocenters. The van der Waals surface area contributed by atoms with E-state index in [4.69, 9.17) is 0 Å². The minimum Gasteiger partial charge on any atom is -0.340 e. The molecule has 1 aliphatic heterocycles. The fourth-order valence-corrected chi connectivity index (χ4v) is 3.71. The van der Waals surface area contributed by atoms with Crippen molar-refractivity contribution in [2.45, 2.75) is 33.7 Å². The van der Waals surface area contributed by atoms with E-state index in [1.807, 2.05) is 24.0 Å². The van der Waals surface area contributed by atoms with Gasteiger partial charge in [-0.3, -0.25) is 4.79 Å². The number of anilines is 2. The van der Waals surface area contributed by atoms with E-state index >= 15 is 0 Å². The molecule has 0 bridgehead atoms. The van der Waals surface area contributed by atoms with Crippen molar-refractivity contribution in [2.24, 2.45) is 0 Å². The summed E-state index contributed by atoms with van der Waals surface area (Å²) in [7, 11) is 0. The fourth-order valence-electron chi connectivity index (χ4n) is 3.71. The van der Waals surface area contributed by atoms with E-state index in [0.29, 0.717) is 30.4 Å². The van der Waals surface area contributed by atoms with Crippen LogP contribution in [0.25, 0.3) is 0 Å². The monoisotopic (exact) mass is 372 g/mol. The Morgan fingerprint density at radius 1 is 0.964 bits per heavy atom. The van der Waals surface area contributed by atoms with Crippen molar-refractivity contribution in [3.05, 3.63) is 82.3 Å². The van der Waals surface area contributed by atoms with Gasteiger partial charge in [-0.05, 0) is 49.4 Å². The number of hydrogen-bond donors (Lipinski definition) is 1. The van der Waals surface area contributed by atoms with Crippen molar-refractivity contribution in [1.82, 2.24) is 14.9 Å². The third-order valence-corrected chi connectivity index (χ3v) is 5.21. The van der Waals surface area contributed by atoms with Crippen LogP contribution in [0.5, 0.6) is 0 Å². The van der Waals surface area contributed by atoms with Crippen molar-refractivity contribution in [2.75, 3.05) is 11.9 Å². The molecule has 0 unspecified atom stereocenters. The predicted octanol–water partition coefficient (Wildman–Crippen LogP) is 4.34. The standard InChI is InChI=1S/C23H24N4O/c1-15-7-6-8-16(2)22(15)26-21-13-20(24-17(3)25-21)23(28)27-12-11-18-9-4-5-10-19(18)14-27/h4-10,13H,11-12,14H2,1-3H3,(H,24,25,26). The summed E-state index contributed by atoms with van der Waals surface area (Å²) in [5.41, 5.74) is 6.25. The second-order valence-corrected chi connectivity index (χ2v) is 7.32. The molecule has 28 heavy (non-hydrogen) atoms. The minimum absolute atomic E-state index is 0.0513. The lowest BCUT2D eigenvalue weighted by molar-refractivity contribution is 0.0728. The number of aryl methyl sites for hydroxylation is 3. The van der Waals surface area contributed by atoms with E-state index in [1.54, 1.807) is 6.07 Å². The molecule has 0 saturated heterocycles. The topological polar surface area (TPSA) is 58.1 Å². The van der Waals surface area contributed by atoms with Crippen LogP contribution in [-0.2, 0) is 13.0 Å². The summed E-state index contributed by atoms with van der Waals surface area (Å²) >= 11 is 0. The zero-order chi connectivity index (χ0) is 19.7. The van der Waals surface area contributed by atoms with Gasteiger partial charge in [0.25, 0.3) is 5.91 Å². The van der Waals surface area contributed by atoms with E-state index in [0.717, 1.165) is 23.2 Å². The molecule has 2 aromatic carbocycles. The van der Waals surface area contributed by atoms with Gasteiger partial charge < -0.3 is 10.2 Å². The van der Waals surface area contributed by atoms with Gasteiger partial charge >= 0.3 is 0 Å². The molecule has 5 heteroatoms. The number of amides is 1. The number of para-hydroxylation sites is 1. The molecule has 5 nitrogen and oxygen atoms in total. The summed E-state index contributed by atoms with van der Waals surface area (Å²) in [6.07, 6.45) is 0.874. The Labute approximate surface area is 165 Å². The molecule has 2 heterocycles. The summed E-state index contributed by atoms with van der Waals surface area (Å²) < 4.78 is 0. The van der Waals surface area contributed by atoms with Crippen LogP contribution >= 0.6 is 0 Å². The molecule has 1 aliphatic rings. The van der Waals surface area contributed by atoms with Crippen LogP contribution in [0.2, 0.25) is 0 Å². The minimum atomic E-state index is -0.0513. The number of fused-ring (bicyclic) bond motifs is 1. The summed E-state index contributed by atoms with van der Waals surface area (Å²) in [6, 6.07) is 16.2. The van der Waals surface area contributed by atoms with Crippen molar-refractivity contribution in [3.8, 4) is 0 Å². The molecule has 3 aromatic rings. The largest absolute Gasteiger partial charge is 0.340 e. The molecule has 0 fully saturated rings. The average molecular weight is 372 g/mol. The lowest BCUT2D eigenvalue weighted by atomic mass is 10.00. The van der Waals surface area contributed by atoms with Crippen LogP contribution in [0, 0.1) is 20.8 Å². The van der Waals surface area contributed by atoms with Gasteiger partial charge in [-0.25, -0.2) is 9.97 Å². The molecule has 1 amide bonds. The number of nitrogens with zero attached hydrogens (tertiary/aromatic N) is 3. The molecule has 142 valence electrons. The third-order valence-electron chi connectivity index (χ3n) is 5.21. The maximum Gasteiger partial charge on any atom is 0.272 e. The smallest absolute Gasteiger partial charge is 0.272 e. The van der Waals surface area contributed by atoms with Crippen molar-refractivity contribution in [1.29, 1.82) is 0 Å². The van der Waals surface area contributed by atoms with Gasteiger partial charge in [-0.1, -0.05) is 42.5 Å². The number of carbonyl (C=O) groups excluding carboxylic acids is 1. The summed E-state index contributed by atoms with van der Waals surface area (Å²) in [4.78, 5) is 23.9. The predicted molar refractivity (Wildman–Crippen MR) is 111 cm³/mol. The van der Waals surface area contributed by atoms with Gasteiger partial charge in [0.2, 0.25) is 0 Å². The van der Waals surface area contributed by atoms with E-state index in [1.165, 1.54) is 11.1 Å². The number of rotatable bonds is 3. The molecule has 0 spiro atoms. The molecule has 1 aromatic heterocycles. The maximum atomic E-state index is 13.1. The molecule has 0 radical (unpaired) electrons. The summed E-state index contributed by atoms with van der Waals surface area (Å²) in [5.74, 6) is 1.17. The zero-order valence-corrected chi connectivity index (χ0v) is 16.5. The van der Waals surface area contributed by atoms with Crippen molar-refractivity contribution < 1.29 is 4.79 Å². The highest BCUT2D eigenvalue weighted by atomic mass is 16.2. The van der Waals surface area contributed by atoms with E-state index in [9.17, 15) is 4.79 Å². The normalized spacial score (nSPS) is 13.2. The highest BCUT2D eigenvalue weighted by Crippen LogP contribution is 2.25. The van der Waals surface area contributed by atoms with Crippen LogP contribution in [0.4, 0.5) is 11.5 Å². The van der Waals surface area contributed by atoms with Gasteiger partial charge in [-0.2, -0.15) is 0 Å². The Morgan fingerprint density at radius 3 is 2.43 bits per heavy atom. The quantitative estimate of drug-likeness (QED) is 0.743. The molecule has 1 N–H and O–H groups in total. The molecule has 0 aliphatic carbocycles. The van der Waals surface area contributed by atoms with Gasteiger partial charge in [0, 0.05) is 24.8 Å². The average Bonchev–Trinajstić information content (AvgIpc) is 2.69. The summed E-state index contributed by atoms with van der Waals surface area (Å²) in [6.45, 7) is 7.26. The van der Waals surface area contributed by atoms with Crippen molar-refractivity contribution in [3.63, 3.8) is 0 Å². The van der Waals surface area contributed by atoms with Gasteiger partial charge in [0.15, 0.2) is 0 Å².